The molecule has 0 aliphatic rings. The van der Waals surface area contributed by atoms with Gasteiger partial charge in [0.2, 0.25) is 4.96 Å². The van der Waals surface area contributed by atoms with Gasteiger partial charge in [-0.15, -0.1) is 10.2 Å². The molecular weight excluding hydrogens is 494 g/mol. The summed E-state index contributed by atoms with van der Waals surface area (Å²) < 4.78 is 13.4. The van der Waals surface area contributed by atoms with E-state index in [2.05, 4.69) is 36.5 Å². The molecule has 0 unspecified atom stereocenters. The highest BCUT2D eigenvalue weighted by Crippen LogP contribution is 2.38. The summed E-state index contributed by atoms with van der Waals surface area (Å²) in [6.45, 7) is 0. The number of aromatic nitrogens is 4. The second-order valence-electron chi connectivity index (χ2n) is 6.83. The Morgan fingerprint density at radius 3 is 2.75 bits per heavy atom. The lowest BCUT2D eigenvalue weighted by atomic mass is 10.0. The number of carbonyl (C=O) groups excluding carboxylic acids is 1. The molecule has 1 N–H and O–H groups in total. The van der Waals surface area contributed by atoms with E-state index in [1.807, 2.05) is 42.5 Å². The van der Waals surface area contributed by atoms with Gasteiger partial charge in [-0.1, -0.05) is 35.6 Å². The molecule has 0 aliphatic carbocycles. The van der Waals surface area contributed by atoms with Crippen molar-refractivity contribution in [3.8, 4) is 22.1 Å². The van der Waals surface area contributed by atoms with Crippen molar-refractivity contribution in [2.75, 3.05) is 19.5 Å². The smallest absolute Gasteiger partial charge is 0.259 e. The Kier molecular flexibility index (Phi) is 5.24. The second-order valence-corrected chi connectivity index (χ2v) is 8.58. The van der Waals surface area contributed by atoms with Crippen molar-refractivity contribution >= 4 is 54.6 Å². The van der Waals surface area contributed by atoms with E-state index in [1.165, 1.54) is 11.3 Å². The first-order valence-electron chi connectivity index (χ1n) is 9.51. The minimum absolute atomic E-state index is 0.318. The molecule has 1 amide bonds. The summed E-state index contributed by atoms with van der Waals surface area (Å²) in [5.41, 5.74) is 1.75. The summed E-state index contributed by atoms with van der Waals surface area (Å²) >= 11 is 4.98. The minimum atomic E-state index is -0.318. The second kappa shape index (κ2) is 8.21. The molecule has 0 aliphatic heterocycles. The van der Waals surface area contributed by atoms with Crippen LogP contribution < -0.4 is 14.8 Å². The molecule has 10 heteroatoms. The summed E-state index contributed by atoms with van der Waals surface area (Å²) in [4.78, 5) is 14.0. The molecule has 0 saturated carbocycles. The lowest BCUT2D eigenvalue weighted by molar-refractivity contribution is 0.102. The third-order valence-electron chi connectivity index (χ3n) is 4.97. The number of nitrogens with one attached hydrogen (secondary N) is 1. The van der Waals surface area contributed by atoms with Gasteiger partial charge in [-0.2, -0.15) is 9.61 Å². The lowest BCUT2D eigenvalue weighted by Gasteiger charge is -2.15. The predicted octanol–water partition coefficient (Wildman–Crippen LogP) is 5.04. The SMILES string of the molecule is COc1ccc(-c2nn3cnnc3s2)cc1NC(=O)c1cc2ccccc2c(Br)c1OC. The largest absolute Gasteiger partial charge is 0.495 e. The van der Waals surface area contributed by atoms with E-state index in [-0.39, 0.29) is 5.91 Å². The van der Waals surface area contributed by atoms with Gasteiger partial charge >= 0.3 is 0 Å². The molecule has 0 radical (unpaired) electrons. The van der Waals surface area contributed by atoms with Crippen molar-refractivity contribution in [2.45, 2.75) is 0 Å². The number of amides is 1. The summed E-state index contributed by atoms with van der Waals surface area (Å²) in [5.74, 6) is 0.677. The topological polar surface area (TPSA) is 90.6 Å². The molecule has 0 fully saturated rings. The van der Waals surface area contributed by atoms with E-state index in [9.17, 15) is 4.79 Å². The van der Waals surface area contributed by atoms with Gasteiger partial charge in [0.25, 0.3) is 5.91 Å². The van der Waals surface area contributed by atoms with E-state index < -0.39 is 0 Å². The van der Waals surface area contributed by atoms with E-state index in [0.29, 0.717) is 27.7 Å². The van der Waals surface area contributed by atoms with E-state index in [4.69, 9.17) is 9.47 Å². The molecule has 160 valence electrons. The number of carbonyl (C=O) groups is 1. The molecule has 0 spiro atoms. The van der Waals surface area contributed by atoms with Gasteiger partial charge in [-0.3, -0.25) is 4.79 Å². The molecule has 8 nitrogen and oxygen atoms in total. The van der Waals surface area contributed by atoms with Crippen molar-refractivity contribution in [2.24, 2.45) is 0 Å². The molecule has 0 saturated heterocycles. The molecule has 32 heavy (non-hydrogen) atoms. The van der Waals surface area contributed by atoms with Crippen LogP contribution in [0.4, 0.5) is 5.69 Å². The average Bonchev–Trinajstić information content (AvgIpc) is 3.41. The number of ether oxygens (including phenoxy) is 2. The molecule has 5 rings (SSSR count). The van der Waals surface area contributed by atoms with Crippen molar-refractivity contribution in [3.05, 3.63) is 64.9 Å². The molecule has 2 heterocycles. The highest BCUT2D eigenvalue weighted by Gasteiger charge is 2.20. The summed E-state index contributed by atoms with van der Waals surface area (Å²) in [6.07, 6.45) is 1.55. The standard InChI is InChI=1S/C22H16BrN5O3S/c1-30-17-8-7-13(21-27-28-11-24-26-22(28)32-21)10-16(17)25-20(29)15-9-12-5-3-4-6-14(12)18(23)19(15)31-2/h3-11H,1-2H3,(H,25,29). The molecule has 3 aromatic carbocycles. The fourth-order valence-electron chi connectivity index (χ4n) is 3.46. The maximum absolute atomic E-state index is 13.3. The number of fused-ring (bicyclic) bond motifs is 2. The van der Waals surface area contributed by atoms with Crippen LogP contribution in [0.5, 0.6) is 11.5 Å². The van der Waals surface area contributed by atoms with E-state index in [1.54, 1.807) is 31.1 Å². The summed E-state index contributed by atoms with van der Waals surface area (Å²) in [7, 11) is 3.10. The minimum Gasteiger partial charge on any atom is -0.495 e. The van der Waals surface area contributed by atoms with Crippen LogP contribution in [0.1, 0.15) is 10.4 Å². The zero-order valence-electron chi connectivity index (χ0n) is 17.0. The quantitative estimate of drug-likeness (QED) is 0.357. The molecule has 5 aromatic rings. The number of methoxy groups -OCH3 is 2. The number of nitrogens with zero attached hydrogens (tertiary/aromatic N) is 4. The first-order valence-corrected chi connectivity index (χ1v) is 11.1. The van der Waals surface area contributed by atoms with Gasteiger partial charge in [0.1, 0.15) is 22.8 Å². The van der Waals surface area contributed by atoms with Gasteiger partial charge < -0.3 is 14.8 Å². The maximum Gasteiger partial charge on any atom is 0.259 e. The zero-order valence-corrected chi connectivity index (χ0v) is 19.4. The van der Waals surface area contributed by atoms with Gasteiger partial charge in [-0.25, -0.2) is 0 Å². The fraction of sp³-hybridized carbons (Fsp3) is 0.0909. The van der Waals surface area contributed by atoms with Gasteiger partial charge in [0.15, 0.2) is 0 Å². The normalized spacial score (nSPS) is 11.1. The average molecular weight is 510 g/mol. The summed E-state index contributed by atoms with van der Waals surface area (Å²) in [5, 5.41) is 17.9. The highest BCUT2D eigenvalue weighted by atomic mass is 79.9. The van der Waals surface area contributed by atoms with Crippen molar-refractivity contribution in [1.82, 2.24) is 19.8 Å². The molecule has 0 atom stereocenters. The Hall–Kier alpha value is -3.50. The third kappa shape index (κ3) is 3.47. The Bertz CT molecular complexity index is 1450. The van der Waals surface area contributed by atoms with Crippen LogP contribution in [-0.2, 0) is 0 Å². The monoisotopic (exact) mass is 509 g/mol. The predicted molar refractivity (Wildman–Crippen MR) is 127 cm³/mol. The van der Waals surface area contributed by atoms with E-state index in [0.717, 1.165) is 25.8 Å². The molecule has 0 bridgehead atoms. The number of anilines is 1. The maximum atomic E-state index is 13.3. The lowest BCUT2D eigenvalue weighted by Crippen LogP contribution is -2.14. The van der Waals surface area contributed by atoms with Crippen LogP contribution >= 0.6 is 27.3 Å². The van der Waals surface area contributed by atoms with Crippen molar-refractivity contribution < 1.29 is 14.3 Å². The number of halogens is 1. The summed E-state index contributed by atoms with van der Waals surface area (Å²) in [6, 6.07) is 15.1. The third-order valence-corrected chi connectivity index (χ3v) is 6.72. The van der Waals surface area contributed by atoms with Crippen LogP contribution in [0.2, 0.25) is 0 Å². The Balaban J connectivity index is 1.54. The fourth-order valence-corrected chi connectivity index (χ4v) is 5.01. The Labute approximate surface area is 194 Å². The molecule has 2 aromatic heterocycles. The van der Waals surface area contributed by atoms with Crippen LogP contribution in [0.3, 0.4) is 0 Å². The highest BCUT2D eigenvalue weighted by molar-refractivity contribution is 9.10. The van der Waals surface area contributed by atoms with E-state index >= 15 is 0 Å². The van der Waals surface area contributed by atoms with Crippen LogP contribution in [0, 0.1) is 0 Å². The first kappa shape index (κ1) is 20.4. The zero-order chi connectivity index (χ0) is 22.2. The Morgan fingerprint density at radius 1 is 1.12 bits per heavy atom. The van der Waals surface area contributed by atoms with Crippen molar-refractivity contribution in [1.29, 1.82) is 0 Å². The number of rotatable bonds is 5. The Morgan fingerprint density at radius 2 is 1.97 bits per heavy atom. The van der Waals surface area contributed by atoms with Gasteiger partial charge in [0.05, 0.1) is 29.9 Å². The molecular formula is C22H16BrN5O3S. The first-order chi connectivity index (χ1) is 15.6. The number of hydrogen-bond acceptors (Lipinski definition) is 7. The van der Waals surface area contributed by atoms with Crippen LogP contribution in [0.25, 0.3) is 26.3 Å². The van der Waals surface area contributed by atoms with Crippen LogP contribution in [-0.4, -0.2) is 39.9 Å². The van der Waals surface area contributed by atoms with Crippen molar-refractivity contribution in [3.63, 3.8) is 0 Å². The number of hydrogen-bond donors (Lipinski definition) is 1. The van der Waals surface area contributed by atoms with Crippen LogP contribution in [0.15, 0.2) is 59.3 Å². The van der Waals surface area contributed by atoms with Gasteiger partial charge in [0, 0.05) is 5.56 Å². The number of benzene rings is 3. The van der Waals surface area contributed by atoms with Gasteiger partial charge in [-0.05, 0) is 51.0 Å².